The van der Waals surface area contributed by atoms with E-state index in [4.69, 9.17) is 9.47 Å². The predicted molar refractivity (Wildman–Crippen MR) is 109 cm³/mol. The molecule has 1 aliphatic heterocycles. The molecule has 0 unspecified atom stereocenters. The maximum absolute atomic E-state index is 13.6. The maximum atomic E-state index is 13.6. The number of carbonyl (C=O) groups excluding carboxylic acids is 1. The number of aryl methyl sites for hydroxylation is 1. The molecule has 154 valence electrons. The lowest BCUT2D eigenvalue weighted by Gasteiger charge is -2.12. The Morgan fingerprint density at radius 3 is 2.59 bits per heavy atom. The number of fused-ring (bicyclic) bond motifs is 1. The van der Waals surface area contributed by atoms with Crippen LogP contribution in [0.15, 0.2) is 41.4 Å². The smallest absolute Gasteiger partial charge is 0.251 e. The molecule has 2 aromatic carbocycles. The Morgan fingerprint density at radius 2 is 1.79 bits per heavy atom. The lowest BCUT2D eigenvalue weighted by Crippen LogP contribution is -2.42. The number of nitrogens with zero attached hydrogens (tertiary/aromatic N) is 1. The van der Waals surface area contributed by atoms with E-state index >= 15 is 0 Å². The van der Waals surface area contributed by atoms with Crippen molar-refractivity contribution >= 4 is 11.9 Å². The van der Waals surface area contributed by atoms with E-state index in [0.29, 0.717) is 36.7 Å². The first-order valence-electron chi connectivity index (χ1n) is 9.44. The van der Waals surface area contributed by atoms with Gasteiger partial charge in [-0.1, -0.05) is 12.1 Å². The summed E-state index contributed by atoms with van der Waals surface area (Å²) < 4.78 is 24.2. The number of ether oxygens (including phenoxy) is 2. The summed E-state index contributed by atoms with van der Waals surface area (Å²) >= 11 is 0. The molecule has 3 rings (SSSR count). The Balaban J connectivity index is 1.36. The van der Waals surface area contributed by atoms with E-state index in [1.807, 2.05) is 18.2 Å². The molecule has 0 bridgehead atoms. The Hall–Kier alpha value is -3.29. The Morgan fingerprint density at radius 1 is 1.03 bits per heavy atom. The van der Waals surface area contributed by atoms with E-state index in [1.165, 1.54) is 6.07 Å². The highest BCUT2D eigenvalue weighted by Crippen LogP contribution is 2.32. The number of aliphatic imine (C=N–C) groups is 1. The summed E-state index contributed by atoms with van der Waals surface area (Å²) in [5.41, 5.74) is 1.95. The monoisotopic (exact) mass is 400 g/mol. The van der Waals surface area contributed by atoms with E-state index in [9.17, 15) is 9.18 Å². The SMILES string of the molecule is CN=C(NCCNC(=O)c1ccc(C)c(F)c1)NCCc1ccc2c(c1)OCO2. The number of rotatable bonds is 7. The molecule has 0 atom stereocenters. The second-order valence-corrected chi connectivity index (χ2v) is 6.58. The lowest BCUT2D eigenvalue weighted by atomic mass is 10.1. The minimum absolute atomic E-state index is 0.267. The fraction of sp³-hybridized carbons (Fsp3) is 0.333. The minimum Gasteiger partial charge on any atom is -0.454 e. The first-order valence-corrected chi connectivity index (χ1v) is 9.44. The number of guanidine groups is 1. The van der Waals surface area contributed by atoms with Crippen LogP contribution in [0.5, 0.6) is 11.5 Å². The van der Waals surface area contributed by atoms with E-state index in [1.54, 1.807) is 26.1 Å². The van der Waals surface area contributed by atoms with E-state index in [-0.39, 0.29) is 18.5 Å². The molecule has 1 amide bonds. The molecule has 3 N–H and O–H groups in total. The minimum atomic E-state index is -0.386. The van der Waals surface area contributed by atoms with Crippen molar-refractivity contribution < 1.29 is 18.7 Å². The molecule has 0 radical (unpaired) electrons. The number of carbonyl (C=O) groups is 1. The van der Waals surface area contributed by atoms with Crippen LogP contribution in [0.1, 0.15) is 21.5 Å². The molecule has 2 aromatic rings. The molecular formula is C21H25FN4O3. The van der Waals surface area contributed by atoms with E-state index < -0.39 is 0 Å². The van der Waals surface area contributed by atoms with Crippen LogP contribution in [0, 0.1) is 12.7 Å². The van der Waals surface area contributed by atoms with Crippen LogP contribution in [0.3, 0.4) is 0 Å². The van der Waals surface area contributed by atoms with Gasteiger partial charge in [0.2, 0.25) is 6.79 Å². The molecule has 0 saturated heterocycles. The lowest BCUT2D eigenvalue weighted by molar-refractivity contribution is 0.0954. The van der Waals surface area contributed by atoms with Gasteiger partial charge in [0.25, 0.3) is 5.91 Å². The Bertz CT molecular complexity index is 901. The largest absolute Gasteiger partial charge is 0.454 e. The quantitative estimate of drug-likeness (QED) is 0.376. The molecule has 0 saturated carbocycles. The van der Waals surface area contributed by atoms with Crippen molar-refractivity contribution in [2.45, 2.75) is 13.3 Å². The standard InChI is InChI=1S/C21H25FN4O3/c1-14-3-5-16(12-17(14)22)20(27)24-9-10-26-21(23-2)25-8-7-15-4-6-18-19(11-15)29-13-28-18/h3-6,11-12H,7-10,13H2,1-2H3,(H,24,27)(H2,23,25,26). The Kier molecular flexibility index (Phi) is 6.89. The molecule has 0 aliphatic carbocycles. The van der Waals surface area contributed by atoms with Gasteiger partial charge >= 0.3 is 0 Å². The second-order valence-electron chi connectivity index (χ2n) is 6.58. The van der Waals surface area contributed by atoms with Gasteiger partial charge in [0, 0.05) is 32.2 Å². The van der Waals surface area contributed by atoms with Crippen molar-refractivity contribution in [2.75, 3.05) is 33.5 Å². The van der Waals surface area contributed by atoms with Crippen LogP contribution in [-0.4, -0.2) is 45.3 Å². The van der Waals surface area contributed by atoms with Crippen LogP contribution >= 0.6 is 0 Å². The van der Waals surface area contributed by atoms with Crippen LogP contribution in [0.2, 0.25) is 0 Å². The number of amides is 1. The third kappa shape index (κ3) is 5.60. The predicted octanol–water partition coefficient (Wildman–Crippen LogP) is 2.00. The molecule has 0 aromatic heterocycles. The zero-order valence-electron chi connectivity index (χ0n) is 16.5. The fourth-order valence-electron chi connectivity index (χ4n) is 2.84. The van der Waals surface area contributed by atoms with Crippen molar-refractivity contribution in [3.8, 4) is 11.5 Å². The van der Waals surface area contributed by atoms with Gasteiger partial charge in [0.1, 0.15) is 5.82 Å². The summed E-state index contributed by atoms with van der Waals surface area (Å²) in [6.45, 7) is 3.49. The third-order valence-corrected chi connectivity index (χ3v) is 4.50. The zero-order chi connectivity index (χ0) is 20.6. The summed E-state index contributed by atoms with van der Waals surface area (Å²) in [4.78, 5) is 16.2. The van der Waals surface area contributed by atoms with Gasteiger partial charge in [-0.15, -0.1) is 0 Å². The van der Waals surface area contributed by atoms with Gasteiger partial charge in [-0.2, -0.15) is 0 Å². The van der Waals surface area contributed by atoms with Crippen LogP contribution in [0.4, 0.5) is 4.39 Å². The van der Waals surface area contributed by atoms with Crippen LogP contribution < -0.4 is 25.4 Å². The van der Waals surface area contributed by atoms with Gasteiger partial charge in [-0.05, 0) is 48.7 Å². The summed E-state index contributed by atoms with van der Waals surface area (Å²) in [6.07, 6.45) is 0.799. The topological polar surface area (TPSA) is 84.0 Å². The van der Waals surface area contributed by atoms with Gasteiger partial charge in [0.15, 0.2) is 17.5 Å². The highest BCUT2D eigenvalue weighted by molar-refractivity contribution is 5.94. The molecule has 0 fully saturated rings. The molecular weight excluding hydrogens is 375 g/mol. The highest BCUT2D eigenvalue weighted by Gasteiger charge is 2.13. The highest BCUT2D eigenvalue weighted by atomic mass is 19.1. The van der Waals surface area contributed by atoms with Gasteiger partial charge < -0.3 is 25.4 Å². The zero-order valence-corrected chi connectivity index (χ0v) is 16.5. The Labute approximate surface area is 169 Å². The van der Waals surface area contributed by atoms with Crippen LogP contribution in [0.25, 0.3) is 0 Å². The average Bonchev–Trinajstić information content (AvgIpc) is 3.19. The normalized spacial score (nSPS) is 12.6. The number of halogens is 1. The second kappa shape index (κ2) is 9.77. The molecule has 7 nitrogen and oxygen atoms in total. The molecule has 0 spiro atoms. The van der Waals surface area contributed by atoms with Gasteiger partial charge in [0.05, 0.1) is 0 Å². The van der Waals surface area contributed by atoms with Crippen molar-refractivity contribution in [2.24, 2.45) is 4.99 Å². The van der Waals surface area contributed by atoms with Gasteiger partial charge in [-0.25, -0.2) is 4.39 Å². The van der Waals surface area contributed by atoms with Crippen molar-refractivity contribution in [1.29, 1.82) is 0 Å². The van der Waals surface area contributed by atoms with Crippen molar-refractivity contribution in [3.63, 3.8) is 0 Å². The van der Waals surface area contributed by atoms with Gasteiger partial charge in [-0.3, -0.25) is 9.79 Å². The number of hydrogen-bond acceptors (Lipinski definition) is 4. The number of hydrogen-bond donors (Lipinski definition) is 3. The number of benzene rings is 2. The summed E-state index contributed by atoms with van der Waals surface area (Å²) in [7, 11) is 1.68. The maximum Gasteiger partial charge on any atom is 0.251 e. The molecule has 29 heavy (non-hydrogen) atoms. The molecule has 1 aliphatic rings. The fourth-order valence-corrected chi connectivity index (χ4v) is 2.84. The third-order valence-electron chi connectivity index (χ3n) is 4.50. The van der Waals surface area contributed by atoms with Crippen molar-refractivity contribution in [3.05, 3.63) is 58.9 Å². The number of nitrogens with one attached hydrogen (secondary N) is 3. The summed E-state index contributed by atoms with van der Waals surface area (Å²) in [6, 6.07) is 10.3. The van der Waals surface area contributed by atoms with E-state index in [0.717, 1.165) is 23.5 Å². The van der Waals surface area contributed by atoms with Crippen molar-refractivity contribution in [1.82, 2.24) is 16.0 Å². The summed E-state index contributed by atoms with van der Waals surface area (Å²) in [5, 5.41) is 9.11. The first-order chi connectivity index (χ1) is 14.1. The van der Waals surface area contributed by atoms with Crippen LogP contribution in [-0.2, 0) is 6.42 Å². The first kappa shape index (κ1) is 20.4. The molecule has 8 heteroatoms. The average molecular weight is 400 g/mol. The summed E-state index contributed by atoms with van der Waals surface area (Å²) in [5.74, 6) is 1.49. The van der Waals surface area contributed by atoms with E-state index in [2.05, 4.69) is 20.9 Å². The molecule has 1 heterocycles.